The standard InChI is InChI=1S/C19H23N5/c1-23(2)16-9-5-6-14(12-16)17-13-21-18(19-20-10-11-24(17)19)22-15-7-3-4-8-15/h5-6,9-13,15H,3-4,7-8H2,1-2H3,(H,21,22). The molecule has 1 aliphatic rings. The topological polar surface area (TPSA) is 45.5 Å². The number of fused-ring (bicyclic) bond motifs is 1. The van der Waals surface area contributed by atoms with Crippen molar-refractivity contribution in [2.45, 2.75) is 31.7 Å². The number of anilines is 2. The Balaban J connectivity index is 1.75. The zero-order valence-corrected chi connectivity index (χ0v) is 14.2. The fourth-order valence-electron chi connectivity index (χ4n) is 3.44. The molecule has 0 spiro atoms. The SMILES string of the molecule is CN(C)c1cccc(-c2cnc(NC3CCCC3)c3nccn23)c1. The second kappa shape index (κ2) is 6.15. The number of benzene rings is 1. The van der Waals surface area contributed by atoms with E-state index in [4.69, 9.17) is 0 Å². The van der Waals surface area contributed by atoms with Crippen molar-refractivity contribution in [3.05, 3.63) is 42.9 Å². The van der Waals surface area contributed by atoms with Gasteiger partial charge in [0.15, 0.2) is 11.5 Å². The normalized spacial score (nSPS) is 15.1. The van der Waals surface area contributed by atoms with Gasteiger partial charge in [0.25, 0.3) is 0 Å². The van der Waals surface area contributed by atoms with E-state index in [1.165, 1.54) is 31.4 Å². The van der Waals surface area contributed by atoms with E-state index in [-0.39, 0.29) is 0 Å². The molecule has 2 aromatic heterocycles. The lowest BCUT2D eigenvalue weighted by Crippen LogP contribution is -2.16. The third kappa shape index (κ3) is 2.70. The summed E-state index contributed by atoms with van der Waals surface area (Å²) < 4.78 is 2.12. The van der Waals surface area contributed by atoms with E-state index in [1.807, 2.05) is 18.6 Å². The molecule has 5 heteroatoms. The van der Waals surface area contributed by atoms with Crippen molar-refractivity contribution >= 4 is 17.2 Å². The lowest BCUT2D eigenvalue weighted by molar-refractivity contribution is 0.750. The molecule has 0 atom stereocenters. The van der Waals surface area contributed by atoms with Gasteiger partial charge in [-0.25, -0.2) is 9.97 Å². The lowest BCUT2D eigenvalue weighted by atomic mass is 10.1. The van der Waals surface area contributed by atoms with Gasteiger partial charge in [-0.2, -0.15) is 0 Å². The third-order valence-corrected chi connectivity index (χ3v) is 4.78. The average molecular weight is 321 g/mol. The van der Waals surface area contributed by atoms with Gasteiger partial charge < -0.3 is 10.2 Å². The summed E-state index contributed by atoms with van der Waals surface area (Å²) in [7, 11) is 4.11. The van der Waals surface area contributed by atoms with Crippen LogP contribution in [-0.2, 0) is 0 Å². The minimum absolute atomic E-state index is 0.529. The molecule has 24 heavy (non-hydrogen) atoms. The fourth-order valence-corrected chi connectivity index (χ4v) is 3.44. The molecule has 1 fully saturated rings. The van der Waals surface area contributed by atoms with Crippen LogP contribution in [0, 0.1) is 0 Å². The van der Waals surface area contributed by atoms with Crippen molar-refractivity contribution in [1.82, 2.24) is 14.4 Å². The first-order chi connectivity index (χ1) is 11.7. The van der Waals surface area contributed by atoms with E-state index in [9.17, 15) is 0 Å². The molecule has 1 saturated carbocycles. The van der Waals surface area contributed by atoms with E-state index < -0.39 is 0 Å². The largest absolute Gasteiger partial charge is 0.378 e. The zero-order chi connectivity index (χ0) is 16.5. The predicted molar refractivity (Wildman–Crippen MR) is 98.6 cm³/mol. The molecule has 1 aromatic carbocycles. The van der Waals surface area contributed by atoms with E-state index in [1.54, 1.807) is 0 Å². The molecular formula is C19H23N5. The molecule has 0 radical (unpaired) electrons. The lowest BCUT2D eigenvalue weighted by Gasteiger charge is -2.16. The fraction of sp³-hybridized carbons (Fsp3) is 0.368. The van der Waals surface area contributed by atoms with Gasteiger partial charge in [-0.05, 0) is 25.0 Å². The molecule has 0 aliphatic heterocycles. The Morgan fingerprint density at radius 1 is 1.17 bits per heavy atom. The highest BCUT2D eigenvalue weighted by Crippen LogP contribution is 2.28. The Bertz CT molecular complexity index is 846. The van der Waals surface area contributed by atoms with Gasteiger partial charge in [0, 0.05) is 43.8 Å². The predicted octanol–water partition coefficient (Wildman–Crippen LogP) is 3.82. The van der Waals surface area contributed by atoms with Crippen LogP contribution in [0.1, 0.15) is 25.7 Å². The van der Waals surface area contributed by atoms with Gasteiger partial charge in [0.05, 0.1) is 11.9 Å². The summed E-state index contributed by atoms with van der Waals surface area (Å²) in [5, 5.41) is 3.58. The molecule has 1 N–H and O–H groups in total. The van der Waals surface area contributed by atoms with Crippen LogP contribution in [-0.4, -0.2) is 34.5 Å². The number of aromatic nitrogens is 3. The van der Waals surface area contributed by atoms with E-state index >= 15 is 0 Å². The van der Waals surface area contributed by atoms with Crippen LogP contribution in [0.5, 0.6) is 0 Å². The highest BCUT2D eigenvalue weighted by atomic mass is 15.1. The van der Waals surface area contributed by atoms with Crippen molar-refractivity contribution in [2.24, 2.45) is 0 Å². The average Bonchev–Trinajstić information content (AvgIpc) is 3.26. The molecule has 4 rings (SSSR count). The van der Waals surface area contributed by atoms with Crippen LogP contribution in [0.4, 0.5) is 11.5 Å². The van der Waals surface area contributed by atoms with E-state index in [2.05, 4.69) is 62.9 Å². The van der Waals surface area contributed by atoms with Crippen LogP contribution in [0.2, 0.25) is 0 Å². The Morgan fingerprint density at radius 3 is 2.79 bits per heavy atom. The van der Waals surface area contributed by atoms with Crippen LogP contribution >= 0.6 is 0 Å². The molecule has 5 nitrogen and oxygen atoms in total. The summed E-state index contributed by atoms with van der Waals surface area (Å²) in [6.07, 6.45) is 10.9. The number of hydrogen-bond donors (Lipinski definition) is 1. The summed E-state index contributed by atoms with van der Waals surface area (Å²) in [4.78, 5) is 11.3. The molecule has 0 saturated heterocycles. The second-order valence-electron chi connectivity index (χ2n) is 6.68. The summed E-state index contributed by atoms with van der Waals surface area (Å²) in [6, 6.07) is 9.02. The zero-order valence-electron chi connectivity index (χ0n) is 14.2. The molecule has 1 aliphatic carbocycles. The van der Waals surface area contributed by atoms with E-state index in [0.717, 1.165) is 22.7 Å². The Hall–Kier alpha value is -2.56. The highest BCUT2D eigenvalue weighted by Gasteiger charge is 2.18. The number of hydrogen-bond acceptors (Lipinski definition) is 4. The van der Waals surface area contributed by atoms with Crippen molar-refractivity contribution < 1.29 is 0 Å². The van der Waals surface area contributed by atoms with Crippen LogP contribution in [0.3, 0.4) is 0 Å². The molecule has 0 bridgehead atoms. The van der Waals surface area contributed by atoms with Crippen LogP contribution < -0.4 is 10.2 Å². The van der Waals surface area contributed by atoms with Crippen molar-refractivity contribution in [1.29, 1.82) is 0 Å². The quantitative estimate of drug-likeness (QED) is 0.793. The van der Waals surface area contributed by atoms with Gasteiger partial charge in [-0.15, -0.1) is 0 Å². The Labute approximate surface area is 142 Å². The maximum Gasteiger partial charge on any atom is 0.180 e. The first-order valence-corrected chi connectivity index (χ1v) is 8.59. The van der Waals surface area contributed by atoms with Crippen LogP contribution in [0.15, 0.2) is 42.9 Å². The maximum absolute atomic E-state index is 4.69. The summed E-state index contributed by atoms with van der Waals surface area (Å²) >= 11 is 0. The first kappa shape index (κ1) is 15.0. The van der Waals surface area contributed by atoms with Crippen LogP contribution in [0.25, 0.3) is 16.9 Å². The highest BCUT2D eigenvalue weighted by molar-refractivity contribution is 5.72. The molecule has 0 unspecified atom stereocenters. The van der Waals surface area contributed by atoms with Crippen molar-refractivity contribution in [3.63, 3.8) is 0 Å². The summed E-state index contributed by atoms with van der Waals surface area (Å²) in [5.41, 5.74) is 4.27. The molecule has 0 amide bonds. The van der Waals surface area contributed by atoms with Gasteiger partial charge in [0.2, 0.25) is 0 Å². The van der Waals surface area contributed by atoms with Crippen molar-refractivity contribution in [2.75, 3.05) is 24.3 Å². The van der Waals surface area contributed by atoms with Crippen molar-refractivity contribution in [3.8, 4) is 11.3 Å². The smallest absolute Gasteiger partial charge is 0.180 e. The Morgan fingerprint density at radius 2 is 2.00 bits per heavy atom. The molecular weight excluding hydrogens is 298 g/mol. The monoisotopic (exact) mass is 321 g/mol. The van der Waals surface area contributed by atoms with Gasteiger partial charge in [0.1, 0.15) is 0 Å². The summed E-state index contributed by atoms with van der Waals surface area (Å²) in [5.74, 6) is 0.888. The van der Waals surface area contributed by atoms with Gasteiger partial charge >= 0.3 is 0 Å². The first-order valence-electron chi connectivity index (χ1n) is 8.59. The third-order valence-electron chi connectivity index (χ3n) is 4.78. The van der Waals surface area contributed by atoms with E-state index in [0.29, 0.717) is 6.04 Å². The molecule has 3 aromatic rings. The molecule has 2 heterocycles. The number of rotatable bonds is 4. The second-order valence-corrected chi connectivity index (χ2v) is 6.68. The molecule has 124 valence electrons. The number of nitrogens with one attached hydrogen (secondary N) is 1. The van der Waals surface area contributed by atoms with Gasteiger partial charge in [-0.1, -0.05) is 25.0 Å². The Kier molecular flexibility index (Phi) is 3.84. The summed E-state index contributed by atoms with van der Waals surface area (Å²) in [6.45, 7) is 0. The number of nitrogens with zero attached hydrogens (tertiary/aromatic N) is 4. The number of imidazole rings is 1. The minimum atomic E-state index is 0.529. The van der Waals surface area contributed by atoms with Gasteiger partial charge in [-0.3, -0.25) is 4.40 Å². The maximum atomic E-state index is 4.69. The minimum Gasteiger partial charge on any atom is -0.378 e.